The quantitative estimate of drug-likeness (QED) is 0.672. The van der Waals surface area contributed by atoms with E-state index in [0.717, 1.165) is 37.8 Å². The van der Waals surface area contributed by atoms with Crippen LogP contribution in [0.5, 0.6) is 0 Å². The van der Waals surface area contributed by atoms with Gasteiger partial charge in [0.25, 0.3) is 0 Å². The number of carboxylic acid groups (broad SMARTS) is 1. The van der Waals surface area contributed by atoms with E-state index in [1.807, 2.05) is 12.1 Å². The zero-order valence-corrected chi connectivity index (χ0v) is 17.1. The van der Waals surface area contributed by atoms with E-state index in [0.29, 0.717) is 11.6 Å². The second-order valence-electron chi connectivity index (χ2n) is 8.66. The van der Waals surface area contributed by atoms with Crippen molar-refractivity contribution in [2.45, 2.75) is 44.1 Å². The number of benzene rings is 2. The van der Waals surface area contributed by atoms with Gasteiger partial charge >= 0.3 is 5.97 Å². The molecule has 1 aliphatic carbocycles. The lowest BCUT2D eigenvalue weighted by Gasteiger charge is -2.32. The fraction of sp³-hybridized carbons (Fsp3) is 0.480. The predicted molar refractivity (Wildman–Crippen MR) is 116 cm³/mol. The second-order valence-corrected chi connectivity index (χ2v) is 8.66. The third kappa shape index (κ3) is 5.68. The molecule has 29 heavy (non-hydrogen) atoms. The summed E-state index contributed by atoms with van der Waals surface area (Å²) in [6.07, 6.45) is 6.03. The standard InChI is InChI=1S/C25H32N2O2/c28-25(29)22-10-8-19(9-11-22)5-4-14-27-15-12-20(13-16-27)18-26-24-17-23(24)21-6-2-1-3-7-21/h1-3,6-11,20,23-24,26H,4-5,12-18H2,(H,28,29). The van der Waals surface area contributed by atoms with Crippen molar-refractivity contribution in [1.29, 1.82) is 0 Å². The average molecular weight is 393 g/mol. The lowest BCUT2D eigenvalue weighted by molar-refractivity contribution is 0.0697. The van der Waals surface area contributed by atoms with E-state index >= 15 is 0 Å². The zero-order valence-electron chi connectivity index (χ0n) is 17.1. The maximum atomic E-state index is 10.9. The van der Waals surface area contributed by atoms with Crippen LogP contribution in [0, 0.1) is 5.92 Å². The third-order valence-corrected chi connectivity index (χ3v) is 6.53. The van der Waals surface area contributed by atoms with Gasteiger partial charge in [0.2, 0.25) is 0 Å². The molecule has 4 nitrogen and oxygen atoms in total. The molecule has 1 heterocycles. The van der Waals surface area contributed by atoms with Crippen molar-refractivity contribution < 1.29 is 9.90 Å². The number of carboxylic acids is 1. The lowest BCUT2D eigenvalue weighted by Crippen LogP contribution is -2.38. The van der Waals surface area contributed by atoms with Crippen LogP contribution in [-0.2, 0) is 6.42 Å². The number of nitrogens with zero attached hydrogens (tertiary/aromatic N) is 1. The molecule has 4 rings (SSSR count). The first-order chi connectivity index (χ1) is 14.2. The van der Waals surface area contributed by atoms with E-state index in [-0.39, 0.29) is 0 Å². The number of carbonyl (C=O) groups is 1. The summed E-state index contributed by atoms with van der Waals surface area (Å²) >= 11 is 0. The topological polar surface area (TPSA) is 52.6 Å². The Kier molecular flexibility index (Phi) is 6.63. The van der Waals surface area contributed by atoms with Gasteiger partial charge in [0.15, 0.2) is 0 Å². The van der Waals surface area contributed by atoms with Gasteiger partial charge in [-0.25, -0.2) is 4.79 Å². The molecule has 2 aliphatic rings. The highest BCUT2D eigenvalue weighted by molar-refractivity contribution is 5.87. The summed E-state index contributed by atoms with van der Waals surface area (Å²) in [7, 11) is 0. The number of rotatable bonds is 9. The Hall–Kier alpha value is -2.17. The molecule has 2 aromatic carbocycles. The van der Waals surface area contributed by atoms with Crippen molar-refractivity contribution in [2.24, 2.45) is 5.92 Å². The highest BCUT2D eigenvalue weighted by Gasteiger charge is 2.38. The summed E-state index contributed by atoms with van der Waals surface area (Å²) in [4.78, 5) is 13.5. The van der Waals surface area contributed by atoms with Crippen LogP contribution in [-0.4, -0.2) is 48.2 Å². The van der Waals surface area contributed by atoms with Gasteiger partial charge < -0.3 is 15.3 Å². The molecule has 0 radical (unpaired) electrons. The Morgan fingerprint density at radius 2 is 1.76 bits per heavy atom. The Labute approximate surface area is 173 Å². The van der Waals surface area contributed by atoms with Crippen LogP contribution in [0.4, 0.5) is 0 Å². The Morgan fingerprint density at radius 1 is 1.03 bits per heavy atom. The first-order valence-corrected chi connectivity index (χ1v) is 11.0. The SMILES string of the molecule is O=C(O)c1ccc(CCCN2CCC(CNC3CC3c3ccccc3)CC2)cc1. The molecule has 0 aromatic heterocycles. The van der Waals surface area contributed by atoms with Crippen LogP contribution in [0.1, 0.15) is 53.1 Å². The number of aromatic carboxylic acids is 1. The minimum atomic E-state index is -0.855. The maximum absolute atomic E-state index is 10.9. The summed E-state index contributed by atoms with van der Waals surface area (Å²) in [6.45, 7) is 4.71. The predicted octanol–water partition coefficient (Wildman–Crippen LogP) is 4.18. The molecular weight excluding hydrogens is 360 g/mol. The minimum Gasteiger partial charge on any atom is -0.478 e. The zero-order chi connectivity index (χ0) is 20.1. The van der Waals surface area contributed by atoms with Gasteiger partial charge in [-0.05, 0) is 87.5 Å². The van der Waals surface area contributed by atoms with Crippen molar-refractivity contribution in [3.63, 3.8) is 0 Å². The third-order valence-electron chi connectivity index (χ3n) is 6.53. The van der Waals surface area contributed by atoms with Crippen LogP contribution in [0.15, 0.2) is 54.6 Å². The first kappa shape index (κ1) is 20.1. The molecule has 1 saturated heterocycles. The molecule has 0 amide bonds. The number of nitrogens with one attached hydrogen (secondary N) is 1. The summed E-state index contributed by atoms with van der Waals surface area (Å²) in [5.41, 5.74) is 3.08. The molecule has 2 fully saturated rings. The molecule has 154 valence electrons. The normalized spacial score (nSPS) is 22.5. The monoisotopic (exact) mass is 392 g/mol. The number of piperidine rings is 1. The number of aryl methyl sites for hydroxylation is 1. The Morgan fingerprint density at radius 3 is 2.45 bits per heavy atom. The van der Waals surface area contributed by atoms with Crippen molar-refractivity contribution in [3.8, 4) is 0 Å². The number of hydrogen-bond donors (Lipinski definition) is 2. The van der Waals surface area contributed by atoms with Gasteiger partial charge in [-0.1, -0.05) is 42.5 Å². The molecule has 2 atom stereocenters. The van der Waals surface area contributed by atoms with Gasteiger partial charge in [0, 0.05) is 12.0 Å². The van der Waals surface area contributed by atoms with E-state index in [1.165, 1.54) is 43.5 Å². The van der Waals surface area contributed by atoms with Crippen molar-refractivity contribution in [2.75, 3.05) is 26.2 Å². The van der Waals surface area contributed by atoms with Crippen LogP contribution < -0.4 is 5.32 Å². The fourth-order valence-electron chi connectivity index (χ4n) is 4.54. The molecular formula is C25H32N2O2. The fourth-order valence-corrected chi connectivity index (χ4v) is 4.54. The summed E-state index contributed by atoms with van der Waals surface area (Å²) in [5.74, 6) is 0.680. The van der Waals surface area contributed by atoms with E-state index in [1.54, 1.807) is 12.1 Å². The van der Waals surface area contributed by atoms with Crippen molar-refractivity contribution in [1.82, 2.24) is 10.2 Å². The van der Waals surface area contributed by atoms with E-state index < -0.39 is 5.97 Å². The van der Waals surface area contributed by atoms with E-state index in [2.05, 4.69) is 40.5 Å². The van der Waals surface area contributed by atoms with Crippen molar-refractivity contribution in [3.05, 3.63) is 71.3 Å². The van der Waals surface area contributed by atoms with Crippen molar-refractivity contribution >= 4 is 5.97 Å². The lowest BCUT2D eigenvalue weighted by atomic mass is 9.96. The molecule has 1 aliphatic heterocycles. The largest absolute Gasteiger partial charge is 0.478 e. The van der Waals surface area contributed by atoms with Gasteiger partial charge in [0.05, 0.1) is 5.56 Å². The highest BCUT2D eigenvalue weighted by atomic mass is 16.4. The van der Waals surface area contributed by atoms with Crippen LogP contribution in [0.2, 0.25) is 0 Å². The Bertz CT molecular complexity index is 782. The Balaban J connectivity index is 1.09. The second kappa shape index (κ2) is 9.55. The van der Waals surface area contributed by atoms with Gasteiger partial charge in [0.1, 0.15) is 0 Å². The van der Waals surface area contributed by atoms with Gasteiger partial charge in [-0.3, -0.25) is 0 Å². The van der Waals surface area contributed by atoms with Crippen LogP contribution in [0.25, 0.3) is 0 Å². The number of likely N-dealkylation sites (tertiary alicyclic amines) is 1. The molecule has 0 bridgehead atoms. The first-order valence-electron chi connectivity index (χ1n) is 11.0. The molecule has 2 unspecified atom stereocenters. The maximum Gasteiger partial charge on any atom is 0.335 e. The van der Waals surface area contributed by atoms with E-state index in [9.17, 15) is 4.79 Å². The summed E-state index contributed by atoms with van der Waals surface area (Å²) in [6, 6.07) is 18.9. The average Bonchev–Trinajstić information content (AvgIpc) is 3.54. The smallest absolute Gasteiger partial charge is 0.335 e. The molecule has 4 heteroatoms. The van der Waals surface area contributed by atoms with Gasteiger partial charge in [-0.15, -0.1) is 0 Å². The summed E-state index contributed by atoms with van der Waals surface area (Å²) in [5, 5.41) is 12.8. The number of hydrogen-bond acceptors (Lipinski definition) is 3. The van der Waals surface area contributed by atoms with E-state index in [4.69, 9.17) is 5.11 Å². The minimum absolute atomic E-state index is 0.366. The summed E-state index contributed by atoms with van der Waals surface area (Å²) < 4.78 is 0. The molecule has 0 spiro atoms. The molecule has 1 saturated carbocycles. The highest BCUT2D eigenvalue weighted by Crippen LogP contribution is 2.40. The molecule has 2 aromatic rings. The van der Waals surface area contributed by atoms with Crippen LogP contribution >= 0.6 is 0 Å². The molecule has 2 N–H and O–H groups in total. The van der Waals surface area contributed by atoms with Crippen LogP contribution in [0.3, 0.4) is 0 Å². The van der Waals surface area contributed by atoms with Gasteiger partial charge in [-0.2, -0.15) is 0 Å².